The monoisotopic (exact) mass is 299 g/mol. The van der Waals surface area contributed by atoms with E-state index in [9.17, 15) is 14.4 Å². The van der Waals surface area contributed by atoms with Crippen LogP contribution in [0.4, 0.5) is 4.79 Å². The highest BCUT2D eigenvalue weighted by molar-refractivity contribution is 6.15. The molecule has 0 atom stereocenters. The molecule has 1 saturated heterocycles. The maximum absolute atomic E-state index is 12.1. The Balaban J connectivity index is 2.00. The van der Waals surface area contributed by atoms with Gasteiger partial charge < -0.3 is 15.0 Å². The zero-order valence-electron chi connectivity index (χ0n) is 11.7. The number of hydrogen-bond donors (Lipinski definition) is 2. The zero-order chi connectivity index (χ0) is 15.9. The predicted octanol–water partition coefficient (Wildman–Crippen LogP) is 1.16. The number of hydrogen-bond acceptors (Lipinski definition) is 3. The van der Waals surface area contributed by atoms with Crippen LogP contribution in [-0.2, 0) is 16.6 Å². The van der Waals surface area contributed by atoms with Gasteiger partial charge in [0.2, 0.25) is 0 Å². The quantitative estimate of drug-likeness (QED) is 0.657. The Morgan fingerprint density at radius 3 is 2.77 bits per heavy atom. The topological polar surface area (TPSA) is 91.6 Å². The number of carbonyl (C=O) groups is 3. The largest absolute Gasteiger partial charge is 0.480 e. The van der Waals surface area contributed by atoms with Crippen molar-refractivity contribution >= 4 is 34.9 Å². The van der Waals surface area contributed by atoms with E-state index in [0.717, 1.165) is 16.5 Å². The molecule has 1 fully saturated rings. The summed E-state index contributed by atoms with van der Waals surface area (Å²) < 4.78 is 1.91. The van der Waals surface area contributed by atoms with Gasteiger partial charge in [-0.25, -0.2) is 9.69 Å². The molecule has 0 radical (unpaired) electrons. The standard InChI is InChI=1S/C15H13N3O4/c1-17-7-9(10-4-2-3-5-12(10)17)6-11-14(21)18(8-13(19)20)15(22)16-11/h2-7H,8H2,1H3,(H,16,22)(H,19,20)/b11-6+. The number of imide groups is 1. The van der Waals surface area contributed by atoms with E-state index in [0.29, 0.717) is 4.90 Å². The lowest BCUT2D eigenvalue weighted by molar-refractivity contribution is -0.140. The van der Waals surface area contributed by atoms with Gasteiger partial charge in [0.25, 0.3) is 5.91 Å². The Kier molecular flexibility index (Phi) is 3.17. The summed E-state index contributed by atoms with van der Waals surface area (Å²) in [6.07, 6.45) is 3.40. The fourth-order valence-electron chi connectivity index (χ4n) is 2.49. The van der Waals surface area contributed by atoms with Gasteiger partial charge in [0.05, 0.1) is 0 Å². The highest BCUT2D eigenvalue weighted by Gasteiger charge is 2.34. The van der Waals surface area contributed by atoms with Crippen molar-refractivity contribution in [1.82, 2.24) is 14.8 Å². The van der Waals surface area contributed by atoms with Crippen molar-refractivity contribution in [2.45, 2.75) is 0 Å². The van der Waals surface area contributed by atoms with Crippen molar-refractivity contribution < 1.29 is 19.5 Å². The number of carboxylic acid groups (broad SMARTS) is 1. The number of aryl methyl sites for hydroxylation is 1. The summed E-state index contributed by atoms with van der Waals surface area (Å²) in [6, 6.07) is 6.94. The van der Waals surface area contributed by atoms with Crippen molar-refractivity contribution in [3.63, 3.8) is 0 Å². The molecule has 0 saturated carbocycles. The van der Waals surface area contributed by atoms with Crippen molar-refractivity contribution in [3.8, 4) is 0 Å². The molecular formula is C15H13N3O4. The maximum atomic E-state index is 12.1. The van der Waals surface area contributed by atoms with E-state index < -0.39 is 24.5 Å². The summed E-state index contributed by atoms with van der Waals surface area (Å²) in [4.78, 5) is 35.1. The number of benzene rings is 1. The lowest BCUT2D eigenvalue weighted by Crippen LogP contribution is -2.35. The fourth-order valence-corrected chi connectivity index (χ4v) is 2.49. The highest BCUT2D eigenvalue weighted by Crippen LogP contribution is 2.23. The molecule has 0 bridgehead atoms. The molecule has 0 spiro atoms. The van der Waals surface area contributed by atoms with E-state index in [2.05, 4.69) is 5.32 Å². The summed E-state index contributed by atoms with van der Waals surface area (Å²) in [5.74, 6) is -1.88. The first-order valence-electron chi connectivity index (χ1n) is 6.58. The molecule has 112 valence electrons. The Bertz CT molecular complexity index is 834. The van der Waals surface area contributed by atoms with Crippen molar-refractivity contribution in [3.05, 3.63) is 41.7 Å². The molecule has 2 N–H and O–H groups in total. The third-order valence-electron chi connectivity index (χ3n) is 3.48. The number of amides is 3. The van der Waals surface area contributed by atoms with E-state index in [1.165, 1.54) is 0 Å². The molecule has 2 heterocycles. The Morgan fingerprint density at radius 2 is 2.05 bits per heavy atom. The summed E-state index contributed by atoms with van der Waals surface area (Å²) >= 11 is 0. The van der Waals surface area contributed by atoms with E-state index >= 15 is 0 Å². The number of aromatic nitrogens is 1. The first-order valence-corrected chi connectivity index (χ1v) is 6.58. The van der Waals surface area contributed by atoms with Gasteiger partial charge >= 0.3 is 12.0 Å². The van der Waals surface area contributed by atoms with Crippen LogP contribution in [0.1, 0.15) is 5.56 Å². The molecule has 3 rings (SSSR count). The second kappa shape index (κ2) is 5.03. The van der Waals surface area contributed by atoms with Crippen LogP contribution in [0.25, 0.3) is 17.0 Å². The summed E-state index contributed by atoms with van der Waals surface area (Å²) in [5.41, 5.74) is 1.84. The molecule has 7 heteroatoms. The van der Waals surface area contributed by atoms with Crippen LogP contribution in [0, 0.1) is 0 Å². The fraction of sp³-hybridized carbons (Fsp3) is 0.133. The van der Waals surface area contributed by atoms with Gasteiger partial charge in [-0.3, -0.25) is 9.59 Å². The Labute approximate surface area is 125 Å². The van der Waals surface area contributed by atoms with Crippen molar-refractivity contribution in [1.29, 1.82) is 0 Å². The lowest BCUT2D eigenvalue weighted by Gasteiger charge is -2.06. The molecular weight excluding hydrogens is 286 g/mol. The van der Waals surface area contributed by atoms with Gasteiger partial charge in [-0.15, -0.1) is 0 Å². The van der Waals surface area contributed by atoms with Crippen LogP contribution in [0.5, 0.6) is 0 Å². The van der Waals surface area contributed by atoms with E-state index in [-0.39, 0.29) is 5.70 Å². The van der Waals surface area contributed by atoms with Gasteiger partial charge in [0.15, 0.2) is 0 Å². The number of aliphatic carboxylic acids is 1. The molecule has 2 aromatic rings. The van der Waals surface area contributed by atoms with Crippen LogP contribution in [0.2, 0.25) is 0 Å². The number of carbonyl (C=O) groups excluding carboxylic acids is 2. The van der Waals surface area contributed by atoms with Crippen LogP contribution >= 0.6 is 0 Å². The number of nitrogens with one attached hydrogen (secondary N) is 1. The third kappa shape index (κ3) is 2.22. The molecule has 0 aliphatic carbocycles. The third-order valence-corrected chi connectivity index (χ3v) is 3.48. The molecule has 0 unspecified atom stereocenters. The van der Waals surface area contributed by atoms with Crippen LogP contribution in [0.15, 0.2) is 36.2 Å². The lowest BCUT2D eigenvalue weighted by atomic mass is 10.1. The minimum atomic E-state index is -1.24. The van der Waals surface area contributed by atoms with E-state index in [1.54, 1.807) is 6.08 Å². The highest BCUT2D eigenvalue weighted by atomic mass is 16.4. The first kappa shape index (κ1) is 13.9. The van der Waals surface area contributed by atoms with Gasteiger partial charge in [0.1, 0.15) is 12.2 Å². The summed E-state index contributed by atoms with van der Waals surface area (Å²) in [7, 11) is 1.89. The van der Waals surface area contributed by atoms with Gasteiger partial charge in [-0.05, 0) is 12.1 Å². The normalized spacial score (nSPS) is 16.6. The van der Waals surface area contributed by atoms with E-state index in [4.69, 9.17) is 5.11 Å². The second-order valence-electron chi connectivity index (χ2n) is 4.99. The van der Waals surface area contributed by atoms with Crippen LogP contribution < -0.4 is 5.32 Å². The molecule has 1 aliphatic rings. The number of para-hydroxylation sites is 1. The Hall–Kier alpha value is -3.09. The average molecular weight is 299 g/mol. The maximum Gasteiger partial charge on any atom is 0.329 e. The van der Waals surface area contributed by atoms with Crippen molar-refractivity contribution in [2.24, 2.45) is 7.05 Å². The smallest absolute Gasteiger partial charge is 0.329 e. The SMILES string of the molecule is Cn1cc(/C=C2/NC(=O)N(CC(=O)O)C2=O)c2ccccc21. The van der Waals surface area contributed by atoms with Crippen molar-refractivity contribution in [2.75, 3.05) is 6.54 Å². The van der Waals surface area contributed by atoms with E-state index in [1.807, 2.05) is 42.1 Å². The first-order chi connectivity index (χ1) is 10.5. The minimum Gasteiger partial charge on any atom is -0.480 e. The molecule has 3 amide bonds. The Morgan fingerprint density at radius 1 is 1.32 bits per heavy atom. The number of fused-ring (bicyclic) bond motifs is 1. The average Bonchev–Trinajstić information content (AvgIpc) is 2.92. The molecule has 1 aliphatic heterocycles. The van der Waals surface area contributed by atoms with Gasteiger partial charge in [0, 0.05) is 29.7 Å². The predicted molar refractivity (Wildman–Crippen MR) is 78.8 cm³/mol. The number of urea groups is 1. The molecule has 22 heavy (non-hydrogen) atoms. The molecule has 7 nitrogen and oxygen atoms in total. The molecule has 1 aromatic heterocycles. The van der Waals surface area contributed by atoms with Crippen LogP contribution in [-0.4, -0.2) is 39.0 Å². The number of rotatable bonds is 3. The number of nitrogens with zero attached hydrogens (tertiary/aromatic N) is 2. The summed E-state index contributed by atoms with van der Waals surface area (Å²) in [5, 5.41) is 12.1. The zero-order valence-corrected chi connectivity index (χ0v) is 11.7. The summed E-state index contributed by atoms with van der Waals surface area (Å²) in [6.45, 7) is -0.655. The minimum absolute atomic E-state index is 0.0719. The second-order valence-corrected chi connectivity index (χ2v) is 4.99. The molecule has 1 aromatic carbocycles. The van der Waals surface area contributed by atoms with Crippen LogP contribution in [0.3, 0.4) is 0 Å². The van der Waals surface area contributed by atoms with Gasteiger partial charge in [-0.1, -0.05) is 18.2 Å². The number of carboxylic acids is 1. The van der Waals surface area contributed by atoms with Gasteiger partial charge in [-0.2, -0.15) is 0 Å².